The molecule has 0 unspecified atom stereocenters. The van der Waals surface area contributed by atoms with Crippen molar-refractivity contribution in [3.63, 3.8) is 0 Å². The Balaban J connectivity index is 1.28. The van der Waals surface area contributed by atoms with Gasteiger partial charge in [-0.15, -0.1) is 0 Å². The van der Waals surface area contributed by atoms with E-state index in [9.17, 15) is 19.8 Å². The van der Waals surface area contributed by atoms with Gasteiger partial charge in [0.25, 0.3) is 0 Å². The fourth-order valence-corrected chi connectivity index (χ4v) is 7.27. The lowest BCUT2D eigenvalue weighted by Gasteiger charge is -2.42. The van der Waals surface area contributed by atoms with Crippen molar-refractivity contribution < 1.29 is 19.8 Å². The maximum absolute atomic E-state index is 11.5. The second kappa shape index (κ2) is 11.9. The summed E-state index contributed by atoms with van der Waals surface area (Å²) < 4.78 is 0. The van der Waals surface area contributed by atoms with Crippen LogP contribution in [0.15, 0.2) is 156 Å². The van der Waals surface area contributed by atoms with Crippen molar-refractivity contribution in [2.24, 2.45) is 0 Å². The number of para-hydroxylation sites is 2. The Labute approximate surface area is 278 Å². The number of carboxylic acids is 2. The Morgan fingerprint density at radius 1 is 0.542 bits per heavy atom. The van der Waals surface area contributed by atoms with Crippen LogP contribution in [0.25, 0.3) is 11.1 Å². The molecule has 2 N–H and O–H groups in total. The fraction of sp³-hybridized carbons (Fsp3) is 0.0952. The molecule has 0 spiro atoms. The number of hydrogen-bond donors (Lipinski definition) is 2. The van der Waals surface area contributed by atoms with Crippen LogP contribution < -0.4 is 9.80 Å². The zero-order chi connectivity index (χ0) is 32.8. The first-order valence-electron chi connectivity index (χ1n) is 16.1. The van der Waals surface area contributed by atoms with Gasteiger partial charge in [-0.05, 0) is 94.8 Å². The van der Waals surface area contributed by atoms with Gasteiger partial charge in [0.15, 0.2) is 0 Å². The third-order valence-corrected chi connectivity index (χ3v) is 9.49. The predicted molar refractivity (Wildman–Crippen MR) is 190 cm³/mol. The van der Waals surface area contributed by atoms with E-state index in [0.29, 0.717) is 13.1 Å². The van der Waals surface area contributed by atoms with E-state index in [1.807, 2.05) is 24.3 Å². The summed E-state index contributed by atoms with van der Waals surface area (Å²) in [6, 6.07) is 31.5. The third-order valence-electron chi connectivity index (χ3n) is 9.49. The minimum atomic E-state index is -0.928. The number of nitrogens with zero attached hydrogens (tertiary/aromatic N) is 2. The second-order valence-electron chi connectivity index (χ2n) is 12.3. The highest BCUT2D eigenvalue weighted by Gasteiger charge is 2.36. The summed E-state index contributed by atoms with van der Waals surface area (Å²) in [5.41, 5.74) is 14.5. The molecule has 2 aliphatic carbocycles. The van der Waals surface area contributed by atoms with Gasteiger partial charge in [-0.25, -0.2) is 9.59 Å². The third kappa shape index (κ3) is 4.99. The van der Waals surface area contributed by atoms with Gasteiger partial charge in [0.2, 0.25) is 0 Å². The van der Waals surface area contributed by atoms with Crippen molar-refractivity contribution in [3.8, 4) is 0 Å². The van der Waals surface area contributed by atoms with Gasteiger partial charge in [0.1, 0.15) is 0 Å². The van der Waals surface area contributed by atoms with E-state index in [2.05, 4.69) is 94.8 Å². The van der Waals surface area contributed by atoms with E-state index in [1.54, 1.807) is 24.3 Å². The van der Waals surface area contributed by atoms with Crippen LogP contribution in [0.4, 0.5) is 11.4 Å². The van der Waals surface area contributed by atoms with Crippen LogP contribution in [0.3, 0.4) is 0 Å². The number of hydrogen-bond acceptors (Lipinski definition) is 4. The van der Waals surface area contributed by atoms with Crippen LogP contribution in [0.2, 0.25) is 0 Å². The summed E-state index contributed by atoms with van der Waals surface area (Å²) in [7, 11) is 0. The van der Waals surface area contributed by atoms with E-state index < -0.39 is 11.9 Å². The topological polar surface area (TPSA) is 81.1 Å². The molecular weight excluding hydrogens is 596 g/mol. The highest BCUT2D eigenvalue weighted by atomic mass is 16.4. The highest BCUT2D eigenvalue weighted by Crippen LogP contribution is 2.54. The minimum absolute atomic E-state index is 0.279. The summed E-state index contributed by atoms with van der Waals surface area (Å²) >= 11 is 0. The summed E-state index contributed by atoms with van der Waals surface area (Å²) in [5, 5.41) is 18.9. The summed E-state index contributed by atoms with van der Waals surface area (Å²) in [6.45, 7) is 1.22. The molecule has 8 rings (SSSR count). The van der Waals surface area contributed by atoms with Crippen molar-refractivity contribution in [2.75, 3.05) is 9.80 Å². The lowest BCUT2D eigenvalue weighted by atomic mass is 9.76. The SMILES string of the molecule is O=C(O)c1ccc(CN2C3=CC=CCC3=C(C3=C4CC=CC=C4N(Cc4ccc(C(=O)O)cc4)c4ccccc43)c3ccccc32)cc1. The molecule has 234 valence electrons. The molecule has 6 heteroatoms. The molecule has 4 aromatic carbocycles. The number of anilines is 2. The second-order valence-corrected chi connectivity index (χ2v) is 12.3. The van der Waals surface area contributed by atoms with E-state index in [-0.39, 0.29) is 11.1 Å². The Hall–Kier alpha value is -6.14. The molecular formula is C42H32N2O4. The van der Waals surface area contributed by atoms with Crippen LogP contribution >= 0.6 is 0 Å². The molecule has 0 atom stereocenters. The number of carboxylic acid groups (broad SMARTS) is 2. The van der Waals surface area contributed by atoms with Crippen molar-refractivity contribution in [3.05, 3.63) is 189 Å². The first-order chi connectivity index (χ1) is 23.5. The lowest BCUT2D eigenvalue weighted by Crippen LogP contribution is -2.31. The van der Waals surface area contributed by atoms with Gasteiger partial charge >= 0.3 is 11.9 Å². The van der Waals surface area contributed by atoms with Crippen LogP contribution in [0.5, 0.6) is 0 Å². The van der Waals surface area contributed by atoms with Gasteiger partial charge in [-0.1, -0.05) is 85.0 Å². The van der Waals surface area contributed by atoms with Crippen molar-refractivity contribution in [1.29, 1.82) is 0 Å². The number of benzene rings is 4. The van der Waals surface area contributed by atoms with E-state index in [1.165, 1.54) is 33.4 Å². The smallest absolute Gasteiger partial charge is 0.335 e. The zero-order valence-electron chi connectivity index (χ0n) is 26.1. The Bertz CT molecular complexity index is 2020. The number of fused-ring (bicyclic) bond motifs is 4. The van der Waals surface area contributed by atoms with Crippen LogP contribution in [0, 0.1) is 0 Å². The molecule has 2 aliphatic heterocycles. The lowest BCUT2D eigenvalue weighted by molar-refractivity contribution is 0.0686. The van der Waals surface area contributed by atoms with Gasteiger partial charge < -0.3 is 20.0 Å². The van der Waals surface area contributed by atoms with Gasteiger partial charge in [-0.2, -0.15) is 0 Å². The monoisotopic (exact) mass is 628 g/mol. The standard InChI is InChI=1S/C42H32N2O4/c45-41(46)29-21-17-27(18-22-29)25-43-35-13-5-1-9-31(35)39(32-10-2-6-14-36(32)43)40-33-11-3-7-15-37(33)44(38-16-8-4-12-34(38)40)26-28-19-23-30(24-20-28)42(47)48/h1-9,11,13-24H,10,12,25-26H2,(H,45,46)(H,47,48). The van der Waals surface area contributed by atoms with E-state index in [0.717, 1.165) is 46.7 Å². The molecule has 0 bridgehead atoms. The largest absolute Gasteiger partial charge is 0.478 e. The molecule has 4 aliphatic rings. The molecule has 0 saturated heterocycles. The average molecular weight is 629 g/mol. The molecule has 2 heterocycles. The number of aromatic carboxylic acids is 2. The van der Waals surface area contributed by atoms with Gasteiger partial charge in [0, 0.05) is 47.0 Å². The van der Waals surface area contributed by atoms with Crippen molar-refractivity contribution >= 4 is 34.5 Å². The Morgan fingerprint density at radius 3 is 1.33 bits per heavy atom. The molecule has 6 nitrogen and oxygen atoms in total. The van der Waals surface area contributed by atoms with Crippen LogP contribution in [-0.2, 0) is 13.1 Å². The maximum Gasteiger partial charge on any atom is 0.335 e. The van der Waals surface area contributed by atoms with E-state index >= 15 is 0 Å². The molecule has 48 heavy (non-hydrogen) atoms. The number of allylic oxidation sites excluding steroid dienone is 10. The fourth-order valence-electron chi connectivity index (χ4n) is 7.27. The maximum atomic E-state index is 11.5. The molecule has 0 amide bonds. The number of rotatable bonds is 7. The molecule has 0 radical (unpaired) electrons. The first-order valence-corrected chi connectivity index (χ1v) is 16.1. The van der Waals surface area contributed by atoms with Gasteiger partial charge in [-0.3, -0.25) is 0 Å². The summed E-state index contributed by atoms with van der Waals surface area (Å²) in [6.07, 6.45) is 14.7. The Morgan fingerprint density at radius 2 is 0.938 bits per heavy atom. The molecule has 0 fully saturated rings. The highest BCUT2D eigenvalue weighted by molar-refractivity contribution is 6.16. The average Bonchev–Trinajstić information content (AvgIpc) is 3.12. The summed E-state index contributed by atoms with van der Waals surface area (Å²) in [5.74, 6) is -1.86. The van der Waals surface area contributed by atoms with Crippen molar-refractivity contribution in [1.82, 2.24) is 0 Å². The van der Waals surface area contributed by atoms with Crippen LogP contribution in [0.1, 0.15) is 55.8 Å². The summed E-state index contributed by atoms with van der Waals surface area (Å²) in [4.78, 5) is 27.7. The van der Waals surface area contributed by atoms with Crippen LogP contribution in [-0.4, -0.2) is 22.2 Å². The number of carbonyl (C=O) groups is 2. The first kappa shape index (κ1) is 29.3. The van der Waals surface area contributed by atoms with Gasteiger partial charge in [0.05, 0.1) is 11.1 Å². The molecule has 4 aromatic rings. The quantitative estimate of drug-likeness (QED) is 0.213. The van der Waals surface area contributed by atoms with Crippen molar-refractivity contribution in [2.45, 2.75) is 25.9 Å². The normalized spacial score (nSPS) is 16.1. The molecule has 0 saturated carbocycles. The zero-order valence-corrected chi connectivity index (χ0v) is 26.1. The molecule has 0 aromatic heterocycles. The minimum Gasteiger partial charge on any atom is -0.478 e. The van der Waals surface area contributed by atoms with E-state index in [4.69, 9.17) is 0 Å². The Kier molecular flexibility index (Phi) is 7.26. The predicted octanol–water partition coefficient (Wildman–Crippen LogP) is 9.02.